The van der Waals surface area contributed by atoms with Crippen molar-refractivity contribution in [1.82, 2.24) is 4.98 Å². The zero-order valence-corrected chi connectivity index (χ0v) is 6.38. The van der Waals surface area contributed by atoms with Gasteiger partial charge in [-0.1, -0.05) is 0 Å². The molecule has 3 heteroatoms. The van der Waals surface area contributed by atoms with E-state index in [2.05, 4.69) is 11.2 Å². The Morgan fingerprint density at radius 1 is 1.73 bits per heavy atom. The van der Waals surface area contributed by atoms with E-state index in [4.69, 9.17) is 10.00 Å². The topological polar surface area (TPSA) is 45.9 Å². The molecule has 0 N–H and O–H groups in total. The van der Waals surface area contributed by atoms with Crippen molar-refractivity contribution in [2.24, 2.45) is 0 Å². The van der Waals surface area contributed by atoms with Gasteiger partial charge in [-0.05, 0) is 6.92 Å². The van der Waals surface area contributed by atoms with Crippen molar-refractivity contribution in [3.63, 3.8) is 0 Å². The Hall–Kier alpha value is -1.56. The van der Waals surface area contributed by atoms with Crippen LogP contribution >= 0.6 is 0 Å². The third-order valence-corrected chi connectivity index (χ3v) is 1.34. The Labute approximate surface area is 65.3 Å². The van der Waals surface area contributed by atoms with E-state index in [-0.39, 0.29) is 0 Å². The third kappa shape index (κ3) is 1.30. The first-order valence-electron chi connectivity index (χ1n) is 3.11. The fourth-order valence-corrected chi connectivity index (χ4v) is 0.839. The highest BCUT2D eigenvalue weighted by atomic mass is 16.5. The molecule has 0 amide bonds. The lowest BCUT2D eigenvalue weighted by Crippen LogP contribution is -1.92. The molecule has 0 unspecified atom stereocenters. The number of aromatic nitrogens is 1. The Bertz CT molecular complexity index is 301. The molecule has 55 valence electrons. The molecule has 1 aromatic heterocycles. The van der Waals surface area contributed by atoms with Crippen molar-refractivity contribution in [2.45, 2.75) is 6.92 Å². The molecule has 0 spiro atoms. The summed E-state index contributed by atoms with van der Waals surface area (Å²) in [5.74, 6) is 0.558. The molecule has 0 saturated heterocycles. The van der Waals surface area contributed by atoms with E-state index in [1.54, 1.807) is 6.20 Å². The molecule has 1 radical (unpaired) electrons. The third-order valence-electron chi connectivity index (χ3n) is 1.34. The minimum Gasteiger partial charge on any atom is -0.495 e. The number of hydrogen-bond acceptors (Lipinski definition) is 3. The molecule has 0 bridgehead atoms. The standard InChI is InChI=1S/C8H7N2O/c1-6-4-10-5-7(3-9)8(6)11-2/h4H,1-2H3. The van der Waals surface area contributed by atoms with Crippen molar-refractivity contribution >= 4 is 0 Å². The van der Waals surface area contributed by atoms with E-state index < -0.39 is 0 Å². The minimum atomic E-state index is 0.354. The van der Waals surface area contributed by atoms with Gasteiger partial charge in [0.15, 0.2) is 0 Å². The number of nitriles is 1. The van der Waals surface area contributed by atoms with E-state index in [0.29, 0.717) is 11.3 Å². The van der Waals surface area contributed by atoms with Gasteiger partial charge in [-0.15, -0.1) is 0 Å². The zero-order chi connectivity index (χ0) is 8.27. The predicted octanol–water partition coefficient (Wildman–Crippen LogP) is 1.07. The van der Waals surface area contributed by atoms with Crippen LogP contribution in [0.5, 0.6) is 5.75 Å². The second-order valence-electron chi connectivity index (χ2n) is 2.07. The Balaban J connectivity index is 3.27. The van der Waals surface area contributed by atoms with Gasteiger partial charge in [0.25, 0.3) is 0 Å². The quantitative estimate of drug-likeness (QED) is 0.596. The average molecular weight is 147 g/mol. The van der Waals surface area contributed by atoms with Gasteiger partial charge in [0.1, 0.15) is 23.6 Å². The van der Waals surface area contributed by atoms with Crippen LogP contribution in [0.15, 0.2) is 6.20 Å². The van der Waals surface area contributed by atoms with Crippen LogP contribution in [0.4, 0.5) is 0 Å². The summed E-state index contributed by atoms with van der Waals surface area (Å²) >= 11 is 0. The van der Waals surface area contributed by atoms with Crippen LogP contribution in [0.25, 0.3) is 0 Å². The van der Waals surface area contributed by atoms with Crippen molar-refractivity contribution in [3.05, 3.63) is 23.5 Å². The maximum absolute atomic E-state index is 8.57. The number of ether oxygens (including phenoxy) is 1. The van der Waals surface area contributed by atoms with E-state index in [9.17, 15) is 0 Å². The van der Waals surface area contributed by atoms with Gasteiger partial charge in [0, 0.05) is 11.8 Å². The molecule has 0 aromatic carbocycles. The summed E-state index contributed by atoms with van der Waals surface area (Å²) in [4.78, 5) is 3.74. The van der Waals surface area contributed by atoms with Gasteiger partial charge in [0.2, 0.25) is 0 Å². The SMILES string of the molecule is COc1c(C#N)[c]ncc1C. The average Bonchev–Trinajstić information content (AvgIpc) is 2.04. The van der Waals surface area contributed by atoms with Gasteiger partial charge in [-0.2, -0.15) is 5.26 Å². The fraction of sp³-hybridized carbons (Fsp3) is 0.250. The van der Waals surface area contributed by atoms with Crippen molar-refractivity contribution < 1.29 is 4.74 Å². The van der Waals surface area contributed by atoms with E-state index in [1.807, 2.05) is 13.0 Å². The molecule has 0 fully saturated rings. The molecular formula is C8H7N2O. The summed E-state index contributed by atoms with van der Waals surface area (Å²) in [5, 5.41) is 8.57. The first kappa shape index (κ1) is 7.55. The summed E-state index contributed by atoms with van der Waals surface area (Å²) in [6, 6.07) is 1.94. The van der Waals surface area contributed by atoms with Crippen LogP contribution in [0.1, 0.15) is 11.1 Å². The van der Waals surface area contributed by atoms with Gasteiger partial charge in [0.05, 0.1) is 7.11 Å². The number of methoxy groups -OCH3 is 1. The van der Waals surface area contributed by atoms with Crippen molar-refractivity contribution in [2.75, 3.05) is 7.11 Å². The lowest BCUT2D eigenvalue weighted by molar-refractivity contribution is 0.409. The summed E-state index contributed by atoms with van der Waals surface area (Å²) in [6.07, 6.45) is 4.15. The monoisotopic (exact) mass is 147 g/mol. The molecule has 0 aliphatic carbocycles. The van der Waals surface area contributed by atoms with Crippen LogP contribution < -0.4 is 4.74 Å². The highest BCUT2D eigenvalue weighted by molar-refractivity contribution is 5.44. The van der Waals surface area contributed by atoms with Gasteiger partial charge < -0.3 is 4.74 Å². The summed E-state index contributed by atoms with van der Waals surface area (Å²) < 4.78 is 4.97. The maximum Gasteiger partial charge on any atom is 0.143 e. The number of nitrogens with zero attached hydrogens (tertiary/aromatic N) is 2. The number of pyridine rings is 1. The molecule has 3 nitrogen and oxygen atoms in total. The second-order valence-corrected chi connectivity index (χ2v) is 2.07. The zero-order valence-electron chi connectivity index (χ0n) is 6.38. The van der Waals surface area contributed by atoms with Crippen molar-refractivity contribution in [1.29, 1.82) is 5.26 Å². The Kier molecular flexibility index (Phi) is 2.07. The smallest absolute Gasteiger partial charge is 0.143 e. The highest BCUT2D eigenvalue weighted by Gasteiger charge is 2.04. The van der Waals surface area contributed by atoms with Crippen LogP contribution in [-0.4, -0.2) is 12.1 Å². The van der Waals surface area contributed by atoms with Crippen LogP contribution in [0, 0.1) is 24.5 Å². The van der Waals surface area contributed by atoms with E-state index in [1.165, 1.54) is 7.11 Å². The summed E-state index contributed by atoms with van der Waals surface area (Å²) in [5.41, 5.74) is 1.20. The predicted molar refractivity (Wildman–Crippen MR) is 39.1 cm³/mol. The lowest BCUT2D eigenvalue weighted by atomic mass is 10.2. The normalized spacial score (nSPS) is 8.82. The summed E-state index contributed by atoms with van der Waals surface area (Å²) in [6.45, 7) is 1.83. The molecule has 11 heavy (non-hydrogen) atoms. The van der Waals surface area contributed by atoms with Gasteiger partial charge >= 0.3 is 0 Å². The molecule has 1 heterocycles. The maximum atomic E-state index is 8.57. The Morgan fingerprint density at radius 3 is 2.91 bits per heavy atom. The van der Waals surface area contributed by atoms with Crippen LogP contribution in [-0.2, 0) is 0 Å². The molecular weight excluding hydrogens is 140 g/mol. The fourth-order valence-electron chi connectivity index (χ4n) is 0.839. The largest absolute Gasteiger partial charge is 0.495 e. The highest BCUT2D eigenvalue weighted by Crippen LogP contribution is 2.19. The molecule has 0 aliphatic rings. The van der Waals surface area contributed by atoms with Crippen LogP contribution in [0.3, 0.4) is 0 Å². The van der Waals surface area contributed by atoms with Gasteiger partial charge in [-0.25, -0.2) is 0 Å². The van der Waals surface area contributed by atoms with Gasteiger partial charge in [-0.3, -0.25) is 4.98 Å². The summed E-state index contributed by atoms with van der Waals surface area (Å²) in [7, 11) is 1.52. The first-order chi connectivity index (χ1) is 5.29. The molecule has 0 aliphatic heterocycles. The minimum absolute atomic E-state index is 0.354. The number of hydrogen-bond donors (Lipinski definition) is 0. The Morgan fingerprint density at radius 2 is 2.45 bits per heavy atom. The lowest BCUT2D eigenvalue weighted by Gasteiger charge is -2.03. The van der Waals surface area contributed by atoms with Crippen LogP contribution in [0.2, 0.25) is 0 Å². The number of aryl methyl sites for hydroxylation is 1. The first-order valence-corrected chi connectivity index (χ1v) is 3.11. The molecule has 1 rings (SSSR count). The van der Waals surface area contributed by atoms with E-state index >= 15 is 0 Å². The number of rotatable bonds is 1. The molecule has 0 atom stereocenters. The van der Waals surface area contributed by atoms with E-state index in [0.717, 1.165) is 5.56 Å². The molecule has 0 saturated carbocycles. The molecule has 1 aromatic rings. The van der Waals surface area contributed by atoms with Crippen molar-refractivity contribution in [3.8, 4) is 11.8 Å². The second kappa shape index (κ2) is 3.02.